The van der Waals surface area contributed by atoms with Crippen molar-refractivity contribution >= 4 is 45.5 Å². The first-order chi connectivity index (χ1) is 13.5. The Morgan fingerprint density at radius 1 is 1.32 bits per heavy atom. The van der Waals surface area contributed by atoms with Gasteiger partial charge in [0.1, 0.15) is 0 Å². The molecule has 150 valence electrons. The normalized spacial score (nSPS) is 16.6. The predicted octanol–water partition coefficient (Wildman–Crippen LogP) is 3.09. The van der Waals surface area contributed by atoms with Gasteiger partial charge in [0, 0.05) is 36.7 Å². The van der Waals surface area contributed by atoms with Gasteiger partial charge in [0.25, 0.3) is 0 Å². The molecule has 1 saturated heterocycles. The molecule has 9 heteroatoms. The number of piperidine rings is 1. The molecular formula is C19H24N4O3S2. The molecule has 2 aromatic rings. The predicted molar refractivity (Wildman–Crippen MR) is 111 cm³/mol. The van der Waals surface area contributed by atoms with Gasteiger partial charge < -0.3 is 15.5 Å². The lowest BCUT2D eigenvalue weighted by Gasteiger charge is -2.31. The lowest BCUT2D eigenvalue weighted by Crippen LogP contribution is -2.43. The summed E-state index contributed by atoms with van der Waals surface area (Å²) < 4.78 is 0. The highest BCUT2D eigenvalue weighted by atomic mass is 32.1. The van der Waals surface area contributed by atoms with Gasteiger partial charge in [-0.1, -0.05) is 6.92 Å². The fourth-order valence-corrected chi connectivity index (χ4v) is 4.81. The average Bonchev–Trinajstić information content (AvgIpc) is 3.35. The largest absolute Gasteiger partial charge is 0.351 e. The van der Waals surface area contributed by atoms with Crippen molar-refractivity contribution < 1.29 is 14.4 Å². The maximum atomic E-state index is 12.6. The van der Waals surface area contributed by atoms with E-state index in [0.29, 0.717) is 24.6 Å². The van der Waals surface area contributed by atoms with E-state index in [0.717, 1.165) is 34.8 Å². The Morgan fingerprint density at radius 2 is 2.14 bits per heavy atom. The van der Waals surface area contributed by atoms with Crippen LogP contribution in [-0.2, 0) is 20.9 Å². The Bertz CT molecular complexity index is 861. The fourth-order valence-electron chi connectivity index (χ4n) is 3.12. The van der Waals surface area contributed by atoms with Gasteiger partial charge in [-0.25, -0.2) is 4.98 Å². The molecule has 1 aliphatic heterocycles. The second-order valence-corrected chi connectivity index (χ2v) is 8.76. The molecule has 1 aliphatic rings. The van der Waals surface area contributed by atoms with Crippen LogP contribution in [0.25, 0.3) is 10.6 Å². The van der Waals surface area contributed by atoms with E-state index in [9.17, 15) is 14.4 Å². The van der Waals surface area contributed by atoms with Crippen LogP contribution in [0.4, 0.5) is 5.13 Å². The van der Waals surface area contributed by atoms with Crippen LogP contribution in [0.15, 0.2) is 17.5 Å². The third kappa shape index (κ3) is 5.17. The summed E-state index contributed by atoms with van der Waals surface area (Å²) in [5, 5.41) is 8.16. The van der Waals surface area contributed by atoms with Gasteiger partial charge in [0.05, 0.1) is 23.0 Å². The molecule has 0 aliphatic carbocycles. The van der Waals surface area contributed by atoms with Crippen molar-refractivity contribution in [2.75, 3.05) is 18.4 Å². The van der Waals surface area contributed by atoms with Gasteiger partial charge in [-0.15, -0.1) is 22.7 Å². The van der Waals surface area contributed by atoms with E-state index in [1.165, 1.54) is 18.3 Å². The zero-order valence-electron chi connectivity index (χ0n) is 16.0. The smallest absolute Gasteiger partial charge is 0.231 e. The minimum absolute atomic E-state index is 0.0597. The zero-order chi connectivity index (χ0) is 20.1. The summed E-state index contributed by atoms with van der Waals surface area (Å²) >= 11 is 2.96. The van der Waals surface area contributed by atoms with Crippen molar-refractivity contribution in [2.45, 2.75) is 39.7 Å². The summed E-state index contributed by atoms with van der Waals surface area (Å²) in [6.45, 7) is 5.05. The highest BCUT2D eigenvalue weighted by molar-refractivity contribution is 7.17. The zero-order valence-corrected chi connectivity index (χ0v) is 17.6. The van der Waals surface area contributed by atoms with E-state index in [2.05, 4.69) is 15.6 Å². The van der Waals surface area contributed by atoms with Gasteiger partial charge in [0.15, 0.2) is 5.13 Å². The summed E-state index contributed by atoms with van der Waals surface area (Å²) in [5.41, 5.74) is 0.811. The second kappa shape index (κ2) is 9.29. The summed E-state index contributed by atoms with van der Waals surface area (Å²) in [4.78, 5) is 43.9. The molecule has 0 radical (unpaired) electrons. The molecule has 0 spiro atoms. The number of thiophene rings is 1. The van der Waals surface area contributed by atoms with Gasteiger partial charge in [0.2, 0.25) is 17.7 Å². The molecule has 2 aromatic heterocycles. The number of nitrogens with one attached hydrogen (secondary N) is 2. The quantitative estimate of drug-likeness (QED) is 0.751. The summed E-state index contributed by atoms with van der Waals surface area (Å²) in [5.74, 6) is -0.230. The summed E-state index contributed by atoms with van der Waals surface area (Å²) in [6, 6.07) is 3.94. The molecule has 0 saturated carbocycles. The monoisotopic (exact) mass is 420 g/mol. The molecule has 3 rings (SSSR count). The third-order valence-electron chi connectivity index (χ3n) is 4.61. The maximum Gasteiger partial charge on any atom is 0.231 e. The van der Waals surface area contributed by atoms with Crippen molar-refractivity contribution in [3.63, 3.8) is 0 Å². The van der Waals surface area contributed by atoms with Crippen molar-refractivity contribution in [2.24, 2.45) is 5.92 Å². The number of carbonyl (C=O) groups excluding carboxylic acids is 3. The Labute approximate surface area is 172 Å². The molecule has 1 fully saturated rings. The average molecular weight is 421 g/mol. The van der Waals surface area contributed by atoms with Crippen LogP contribution in [0.5, 0.6) is 0 Å². The van der Waals surface area contributed by atoms with E-state index in [4.69, 9.17) is 0 Å². The van der Waals surface area contributed by atoms with E-state index < -0.39 is 0 Å². The number of hydrogen-bond acceptors (Lipinski definition) is 6. The molecule has 2 N–H and O–H groups in total. The molecule has 3 heterocycles. The Hall–Kier alpha value is -2.26. The number of thiazole rings is 1. The first-order valence-electron chi connectivity index (χ1n) is 9.34. The highest BCUT2D eigenvalue weighted by Gasteiger charge is 2.28. The van der Waals surface area contributed by atoms with Crippen LogP contribution < -0.4 is 10.6 Å². The number of likely N-dealkylation sites (tertiary alicyclic amines) is 1. The van der Waals surface area contributed by atoms with Gasteiger partial charge in [-0.2, -0.15) is 0 Å². The van der Waals surface area contributed by atoms with E-state index in [-0.39, 0.29) is 23.6 Å². The van der Waals surface area contributed by atoms with Crippen LogP contribution in [-0.4, -0.2) is 40.7 Å². The van der Waals surface area contributed by atoms with Crippen molar-refractivity contribution in [1.82, 2.24) is 15.2 Å². The van der Waals surface area contributed by atoms with Gasteiger partial charge in [-0.3, -0.25) is 14.4 Å². The van der Waals surface area contributed by atoms with Gasteiger partial charge in [-0.05, 0) is 25.0 Å². The number of hydrogen-bond donors (Lipinski definition) is 2. The van der Waals surface area contributed by atoms with Crippen LogP contribution in [0.1, 0.15) is 38.0 Å². The molecule has 7 nitrogen and oxygen atoms in total. The number of rotatable bonds is 6. The van der Waals surface area contributed by atoms with Crippen LogP contribution in [0.2, 0.25) is 0 Å². The second-order valence-electron chi connectivity index (χ2n) is 6.74. The highest BCUT2D eigenvalue weighted by Crippen LogP contribution is 2.31. The number of carbonyl (C=O) groups is 3. The van der Waals surface area contributed by atoms with Crippen molar-refractivity contribution in [1.29, 1.82) is 0 Å². The maximum absolute atomic E-state index is 12.6. The standard InChI is InChI=1S/C19H24N4O3S2/c1-3-17(25)23-8-4-5-13(10-23)18(26)22-19-21-15(11-27-19)16-7-6-14(28-16)9-20-12(2)24/h6-7,11,13H,3-5,8-10H2,1-2H3,(H,20,24)(H,21,22,26). The first-order valence-corrected chi connectivity index (χ1v) is 11.0. The number of anilines is 1. The topological polar surface area (TPSA) is 91.4 Å². The number of nitrogens with zero attached hydrogens (tertiary/aromatic N) is 2. The minimum atomic E-state index is -0.192. The van der Waals surface area contributed by atoms with Crippen molar-refractivity contribution in [3.8, 4) is 10.6 Å². The molecule has 3 amide bonds. The van der Waals surface area contributed by atoms with E-state index >= 15 is 0 Å². The Morgan fingerprint density at radius 3 is 2.89 bits per heavy atom. The SMILES string of the molecule is CCC(=O)N1CCCC(C(=O)Nc2nc(-c3ccc(CNC(C)=O)s3)cs2)C1. The lowest BCUT2D eigenvalue weighted by atomic mass is 9.97. The summed E-state index contributed by atoms with van der Waals surface area (Å²) in [7, 11) is 0. The van der Waals surface area contributed by atoms with Crippen LogP contribution in [0, 0.1) is 5.92 Å². The molecule has 0 bridgehead atoms. The lowest BCUT2D eigenvalue weighted by molar-refractivity contribution is -0.134. The third-order valence-corrected chi connectivity index (χ3v) is 6.47. The van der Waals surface area contributed by atoms with Gasteiger partial charge >= 0.3 is 0 Å². The minimum Gasteiger partial charge on any atom is -0.351 e. The molecule has 1 unspecified atom stereocenters. The van der Waals surface area contributed by atoms with Crippen LogP contribution in [0.3, 0.4) is 0 Å². The molecule has 28 heavy (non-hydrogen) atoms. The molecule has 1 atom stereocenters. The summed E-state index contributed by atoms with van der Waals surface area (Å²) in [6.07, 6.45) is 2.10. The first kappa shape index (κ1) is 20.5. The van der Waals surface area contributed by atoms with Crippen molar-refractivity contribution in [3.05, 3.63) is 22.4 Å². The fraction of sp³-hybridized carbons (Fsp3) is 0.474. The van der Waals surface area contributed by atoms with E-state index in [1.54, 1.807) is 16.2 Å². The Balaban J connectivity index is 1.59. The number of aromatic nitrogens is 1. The molecule has 0 aromatic carbocycles. The number of amides is 3. The Kier molecular flexibility index (Phi) is 6.79. The van der Waals surface area contributed by atoms with E-state index in [1.807, 2.05) is 24.4 Å². The molecular weight excluding hydrogens is 396 g/mol. The van der Waals surface area contributed by atoms with Crippen LogP contribution >= 0.6 is 22.7 Å².